The van der Waals surface area contributed by atoms with Crippen LogP contribution in [-0.4, -0.2) is 19.9 Å². The second kappa shape index (κ2) is 6.83. The summed E-state index contributed by atoms with van der Waals surface area (Å²) < 4.78 is 0. The van der Waals surface area contributed by atoms with Crippen molar-refractivity contribution in [3.05, 3.63) is 51.9 Å². The highest BCUT2D eigenvalue weighted by Gasteiger charge is 2.07. The van der Waals surface area contributed by atoms with Crippen LogP contribution in [0.4, 0.5) is 5.95 Å². The molecule has 0 radical (unpaired) electrons. The number of rotatable bonds is 5. The SMILES string of the molecule is CCc1csc(CNc2nccc(-c3ccc(C)nc3C)n2)n1. The first-order chi connectivity index (χ1) is 11.2. The fourth-order valence-corrected chi connectivity index (χ4v) is 3.12. The number of anilines is 1. The molecule has 3 aromatic heterocycles. The van der Waals surface area contributed by atoms with Gasteiger partial charge < -0.3 is 5.32 Å². The number of aryl methyl sites for hydroxylation is 3. The van der Waals surface area contributed by atoms with Gasteiger partial charge in [0.1, 0.15) is 5.01 Å². The van der Waals surface area contributed by atoms with Crippen molar-refractivity contribution in [3.8, 4) is 11.3 Å². The second-order valence-corrected chi connectivity index (χ2v) is 6.23. The van der Waals surface area contributed by atoms with E-state index < -0.39 is 0 Å². The second-order valence-electron chi connectivity index (χ2n) is 5.29. The normalized spacial score (nSPS) is 10.7. The summed E-state index contributed by atoms with van der Waals surface area (Å²) in [6.07, 6.45) is 2.73. The van der Waals surface area contributed by atoms with Gasteiger partial charge in [-0.15, -0.1) is 11.3 Å². The quantitative estimate of drug-likeness (QED) is 0.773. The van der Waals surface area contributed by atoms with Gasteiger partial charge in [-0.1, -0.05) is 6.92 Å². The predicted octanol–water partition coefficient (Wildman–Crippen LogP) is 3.79. The Balaban J connectivity index is 1.76. The standard InChI is InChI=1S/C17H19N5S/c1-4-13-10-23-16(21-13)9-19-17-18-8-7-15(22-17)14-6-5-11(2)20-12(14)3/h5-8,10H,4,9H2,1-3H3,(H,18,19,22). The monoisotopic (exact) mass is 325 g/mol. The fraction of sp³-hybridized carbons (Fsp3) is 0.294. The third kappa shape index (κ3) is 3.71. The van der Waals surface area contributed by atoms with Gasteiger partial charge in [0.05, 0.1) is 17.9 Å². The molecule has 6 heteroatoms. The van der Waals surface area contributed by atoms with Gasteiger partial charge in [-0.25, -0.2) is 15.0 Å². The van der Waals surface area contributed by atoms with Crippen molar-refractivity contribution in [3.63, 3.8) is 0 Å². The molecule has 5 nitrogen and oxygen atoms in total. The summed E-state index contributed by atoms with van der Waals surface area (Å²) in [5, 5.41) is 6.38. The molecular formula is C17H19N5S. The molecule has 3 aromatic rings. The van der Waals surface area contributed by atoms with Crippen molar-refractivity contribution in [2.24, 2.45) is 0 Å². The van der Waals surface area contributed by atoms with Crippen LogP contribution in [0.5, 0.6) is 0 Å². The van der Waals surface area contributed by atoms with E-state index in [9.17, 15) is 0 Å². The summed E-state index contributed by atoms with van der Waals surface area (Å²) in [4.78, 5) is 17.9. The zero-order valence-corrected chi connectivity index (χ0v) is 14.3. The minimum atomic E-state index is 0.607. The summed E-state index contributed by atoms with van der Waals surface area (Å²) in [6.45, 7) is 6.73. The molecule has 3 heterocycles. The van der Waals surface area contributed by atoms with E-state index >= 15 is 0 Å². The number of hydrogen-bond donors (Lipinski definition) is 1. The molecule has 0 aliphatic carbocycles. The number of nitrogens with one attached hydrogen (secondary N) is 1. The molecule has 0 unspecified atom stereocenters. The van der Waals surface area contributed by atoms with Crippen LogP contribution in [0.1, 0.15) is 29.0 Å². The average molecular weight is 325 g/mol. The Labute approximate surface area is 139 Å². The van der Waals surface area contributed by atoms with Gasteiger partial charge in [0.15, 0.2) is 0 Å². The van der Waals surface area contributed by atoms with E-state index in [4.69, 9.17) is 0 Å². The molecule has 0 spiro atoms. The van der Waals surface area contributed by atoms with E-state index in [1.165, 1.54) is 0 Å². The lowest BCUT2D eigenvalue weighted by molar-refractivity contribution is 0.989. The van der Waals surface area contributed by atoms with Crippen LogP contribution in [0, 0.1) is 13.8 Å². The Hall–Kier alpha value is -2.34. The molecule has 0 fully saturated rings. The highest BCUT2D eigenvalue weighted by atomic mass is 32.1. The predicted molar refractivity (Wildman–Crippen MR) is 93.6 cm³/mol. The molecule has 0 aliphatic heterocycles. The van der Waals surface area contributed by atoms with E-state index in [1.54, 1.807) is 17.5 Å². The molecule has 0 saturated heterocycles. The summed E-state index contributed by atoms with van der Waals surface area (Å²) >= 11 is 1.66. The van der Waals surface area contributed by atoms with Crippen LogP contribution in [0.25, 0.3) is 11.3 Å². The molecule has 0 aromatic carbocycles. The molecule has 0 bridgehead atoms. The smallest absolute Gasteiger partial charge is 0.223 e. The topological polar surface area (TPSA) is 63.6 Å². The van der Waals surface area contributed by atoms with E-state index in [0.717, 1.165) is 39.8 Å². The van der Waals surface area contributed by atoms with Gasteiger partial charge in [0.2, 0.25) is 5.95 Å². The van der Waals surface area contributed by atoms with Crippen LogP contribution in [-0.2, 0) is 13.0 Å². The lowest BCUT2D eigenvalue weighted by Crippen LogP contribution is -2.04. The summed E-state index contributed by atoms with van der Waals surface area (Å²) in [6, 6.07) is 5.96. The van der Waals surface area contributed by atoms with Crippen LogP contribution < -0.4 is 5.32 Å². The third-order valence-electron chi connectivity index (χ3n) is 3.52. The van der Waals surface area contributed by atoms with Crippen LogP contribution in [0.2, 0.25) is 0 Å². The molecule has 0 atom stereocenters. The van der Waals surface area contributed by atoms with Crippen molar-refractivity contribution in [1.82, 2.24) is 19.9 Å². The van der Waals surface area contributed by atoms with Gasteiger partial charge >= 0.3 is 0 Å². The van der Waals surface area contributed by atoms with Gasteiger partial charge in [-0.3, -0.25) is 4.98 Å². The zero-order chi connectivity index (χ0) is 16.2. The Morgan fingerprint density at radius 3 is 2.70 bits per heavy atom. The minimum Gasteiger partial charge on any atom is -0.348 e. The largest absolute Gasteiger partial charge is 0.348 e. The van der Waals surface area contributed by atoms with Crippen LogP contribution in [0.15, 0.2) is 29.8 Å². The number of aromatic nitrogens is 4. The number of pyridine rings is 1. The lowest BCUT2D eigenvalue weighted by Gasteiger charge is -2.07. The van der Waals surface area contributed by atoms with E-state index in [-0.39, 0.29) is 0 Å². The van der Waals surface area contributed by atoms with Crippen LogP contribution in [0.3, 0.4) is 0 Å². The molecule has 0 amide bonds. The molecule has 0 aliphatic rings. The van der Waals surface area contributed by atoms with E-state index in [1.807, 2.05) is 26.0 Å². The highest BCUT2D eigenvalue weighted by molar-refractivity contribution is 7.09. The molecule has 0 saturated carbocycles. The molecule has 1 N–H and O–H groups in total. The van der Waals surface area contributed by atoms with E-state index in [2.05, 4.69) is 43.6 Å². The fourth-order valence-electron chi connectivity index (χ4n) is 2.30. The van der Waals surface area contributed by atoms with Crippen LogP contribution >= 0.6 is 11.3 Å². The Morgan fingerprint density at radius 1 is 1.09 bits per heavy atom. The Kier molecular flexibility index (Phi) is 4.62. The summed E-state index contributed by atoms with van der Waals surface area (Å²) in [5.41, 5.74) is 5.02. The van der Waals surface area contributed by atoms with Gasteiger partial charge in [0, 0.05) is 28.5 Å². The maximum Gasteiger partial charge on any atom is 0.223 e. The van der Waals surface area contributed by atoms with E-state index in [0.29, 0.717) is 12.5 Å². The molecule has 23 heavy (non-hydrogen) atoms. The summed E-state index contributed by atoms with van der Waals surface area (Å²) in [5.74, 6) is 0.607. The molecular weight excluding hydrogens is 306 g/mol. The first-order valence-corrected chi connectivity index (χ1v) is 8.48. The maximum absolute atomic E-state index is 4.59. The Bertz CT molecular complexity index is 812. The first-order valence-electron chi connectivity index (χ1n) is 7.60. The Morgan fingerprint density at radius 2 is 1.96 bits per heavy atom. The van der Waals surface area contributed by atoms with Gasteiger partial charge in [-0.05, 0) is 38.5 Å². The lowest BCUT2D eigenvalue weighted by atomic mass is 10.1. The van der Waals surface area contributed by atoms with Crippen molar-refractivity contribution in [2.45, 2.75) is 33.7 Å². The molecule has 118 valence electrons. The maximum atomic E-state index is 4.59. The number of thiazole rings is 1. The average Bonchev–Trinajstić information content (AvgIpc) is 3.01. The van der Waals surface area contributed by atoms with Crippen molar-refractivity contribution in [2.75, 3.05) is 5.32 Å². The summed E-state index contributed by atoms with van der Waals surface area (Å²) in [7, 11) is 0. The highest BCUT2D eigenvalue weighted by Crippen LogP contribution is 2.21. The van der Waals surface area contributed by atoms with Crippen molar-refractivity contribution >= 4 is 17.3 Å². The third-order valence-corrected chi connectivity index (χ3v) is 4.41. The molecule has 3 rings (SSSR count). The number of nitrogens with zero attached hydrogens (tertiary/aromatic N) is 4. The van der Waals surface area contributed by atoms with Crippen molar-refractivity contribution in [1.29, 1.82) is 0 Å². The zero-order valence-electron chi connectivity index (χ0n) is 13.5. The minimum absolute atomic E-state index is 0.607. The van der Waals surface area contributed by atoms with Gasteiger partial charge in [-0.2, -0.15) is 0 Å². The number of hydrogen-bond acceptors (Lipinski definition) is 6. The van der Waals surface area contributed by atoms with Gasteiger partial charge in [0.25, 0.3) is 0 Å². The van der Waals surface area contributed by atoms with Crippen molar-refractivity contribution < 1.29 is 0 Å². The first kappa shape index (κ1) is 15.6.